The minimum atomic E-state index is -0.486. The summed E-state index contributed by atoms with van der Waals surface area (Å²) in [6, 6.07) is 4.36. The van der Waals surface area contributed by atoms with Crippen LogP contribution < -0.4 is 5.73 Å². The average Bonchev–Trinajstić information content (AvgIpc) is 3.15. The summed E-state index contributed by atoms with van der Waals surface area (Å²) in [5.74, 6) is -0.174. The zero-order chi connectivity index (χ0) is 18.0. The van der Waals surface area contributed by atoms with Crippen LogP contribution in [0.3, 0.4) is 0 Å². The Morgan fingerprint density at radius 2 is 2.20 bits per heavy atom. The van der Waals surface area contributed by atoms with E-state index in [1.54, 1.807) is 19.9 Å². The minimum absolute atomic E-state index is 0.0846. The van der Waals surface area contributed by atoms with Crippen LogP contribution in [0.4, 0.5) is 10.2 Å². The predicted octanol–water partition coefficient (Wildman–Crippen LogP) is 2.18. The van der Waals surface area contributed by atoms with Gasteiger partial charge in [-0.1, -0.05) is 22.9 Å². The Morgan fingerprint density at radius 3 is 2.88 bits per heavy atom. The first-order valence-corrected chi connectivity index (χ1v) is 7.39. The monoisotopic (exact) mass is 362 g/mol. The minimum Gasteiger partial charge on any atom is -0.378 e. The summed E-state index contributed by atoms with van der Waals surface area (Å²) in [7, 11) is 0. The van der Waals surface area contributed by atoms with E-state index in [1.807, 2.05) is 0 Å². The van der Waals surface area contributed by atoms with Gasteiger partial charge in [0.2, 0.25) is 11.6 Å². The molecule has 0 atom stereocenters. The Balaban J connectivity index is 1.88. The fraction of sp³-hybridized carbons (Fsp3) is 0.143. The third-order valence-corrected chi connectivity index (χ3v) is 3.66. The quantitative estimate of drug-likeness (QED) is 0.561. The van der Waals surface area contributed by atoms with Crippen molar-refractivity contribution in [1.29, 1.82) is 0 Å². The molecule has 2 aromatic heterocycles. The lowest BCUT2D eigenvalue weighted by Gasteiger charge is -1.99. The Bertz CT molecular complexity index is 957. The summed E-state index contributed by atoms with van der Waals surface area (Å²) in [6.07, 6.45) is 1.24. The highest BCUT2D eigenvalue weighted by atomic mass is 35.5. The van der Waals surface area contributed by atoms with Gasteiger partial charge in [0.25, 0.3) is 0 Å². The van der Waals surface area contributed by atoms with Crippen molar-refractivity contribution >= 4 is 29.3 Å². The van der Waals surface area contributed by atoms with Crippen LogP contribution in [-0.4, -0.2) is 37.2 Å². The molecule has 3 aromatic rings. The van der Waals surface area contributed by atoms with E-state index in [9.17, 15) is 4.39 Å². The van der Waals surface area contributed by atoms with E-state index >= 15 is 0 Å². The van der Waals surface area contributed by atoms with Crippen LogP contribution in [0.1, 0.15) is 23.9 Å². The molecule has 25 heavy (non-hydrogen) atoms. The van der Waals surface area contributed by atoms with Crippen molar-refractivity contribution in [1.82, 2.24) is 25.3 Å². The lowest BCUT2D eigenvalue weighted by molar-refractivity contribution is 0.306. The van der Waals surface area contributed by atoms with Crippen LogP contribution in [0.2, 0.25) is 5.02 Å². The Hall–Kier alpha value is -3.14. The molecular formula is C14H12ClFN8O. The second-order valence-corrected chi connectivity index (χ2v) is 5.38. The maximum atomic E-state index is 13.7. The fourth-order valence-corrected chi connectivity index (χ4v) is 2.27. The Labute approximate surface area is 146 Å². The molecule has 0 radical (unpaired) electrons. The highest BCUT2D eigenvalue weighted by molar-refractivity contribution is 6.33. The summed E-state index contributed by atoms with van der Waals surface area (Å²) < 4.78 is 19.6. The largest absolute Gasteiger partial charge is 0.378 e. The number of halogens is 2. The third kappa shape index (κ3) is 3.24. The van der Waals surface area contributed by atoms with E-state index in [4.69, 9.17) is 17.3 Å². The number of hydrogen-bond donors (Lipinski definition) is 1. The van der Waals surface area contributed by atoms with Gasteiger partial charge in [0.05, 0.1) is 22.6 Å². The molecule has 0 aliphatic rings. The molecule has 0 fully saturated rings. The summed E-state index contributed by atoms with van der Waals surface area (Å²) in [5, 5.41) is 23.2. The van der Waals surface area contributed by atoms with E-state index in [1.165, 1.54) is 23.0 Å². The zero-order valence-corrected chi connectivity index (χ0v) is 13.9. The Kier molecular flexibility index (Phi) is 4.52. The highest BCUT2D eigenvalue weighted by Crippen LogP contribution is 2.17. The van der Waals surface area contributed by atoms with Crippen LogP contribution in [0, 0.1) is 12.7 Å². The molecule has 0 aliphatic heterocycles. The second kappa shape index (κ2) is 6.77. The Morgan fingerprint density at radius 1 is 1.40 bits per heavy atom. The standard InChI is InChI=1S/C14H12ClFN8O/c1-7(19-18-6-9-10(15)4-3-5-11(9)16)12-8(2)24(23-20-12)14-13(17)21-25-22-14/h3-6H,1-2H3,(H2,17,21). The average molecular weight is 363 g/mol. The van der Waals surface area contributed by atoms with Crippen molar-refractivity contribution < 1.29 is 9.02 Å². The summed E-state index contributed by atoms with van der Waals surface area (Å²) in [5.41, 5.74) is 7.34. The van der Waals surface area contributed by atoms with E-state index in [2.05, 4.69) is 35.5 Å². The molecule has 0 unspecified atom stereocenters. The van der Waals surface area contributed by atoms with Crippen LogP contribution in [0.25, 0.3) is 5.82 Å². The number of hydrogen-bond acceptors (Lipinski definition) is 8. The van der Waals surface area contributed by atoms with Crippen LogP contribution >= 0.6 is 11.6 Å². The van der Waals surface area contributed by atoms with Gasteiger partial charge in [-0.2, -0.15) is 14.9 Å². The molecule has 0 aliphatic carbocycles. The molecule has 128 valence electrons. The SMILES string of the molecule is CC(=NN=Cc1c(F)cccc1Cl)c1nnn(-c2nonc2N)c1C. The van der Waals surface area contributed by atoms with Crippen LogP contribution in [0.15, 0.2) is 33.0 Å². The molecule has 0 spiro atoms. The molecule has 9 nitrogen and oxygen atoms in total. The molecule has 0 bridgehead atoms. The molecule has 0 amide bonds. The van der Waals surface area contributed by atoms with E-state index in [0.29, 0.717) is 17.1 Å². The first-order chi connectivity index (χ1) is 12.0. The van der Waals surface area contributed by atoms with Gasteiger partial charge in [0.1, 0.15) is 11.5 Å². The number of nitrogens with two attached hydrogens (primary N) is 1. The summed E-state index contributed by atoms with van der Waals surface area (Å²) in [6.45, 7) is 3.44. The van der Waals surface area contributed by atoms with E-state index in [-0.39, 0.29) is 22.2 Å². The first-order valence-electron chi connectivity index (χ1n) is 7.01. The maximum absolute atomic E-state index is 13.7. The third-order valence-electron chi connectivity index (χ3n) is 3.33. The number of rotatable bonds is 4. The van der Waals surface area contributed by atoms with Crippen LogP contribution in [-0.2, 0) is 0 Å². The van der Waals surface area contributed by atoms with Gasteiger partial charge >= 0.3 is 0 Å². The lowest BCUT2D eigenvalue weighted by Crippen LogP contribution is -2.04. The number of nitrogen functional groups attached to an aromatic ring is 1. The topological polar surface area (TPSA) is 120 Å². The second-order valence-electron chi connectivity index (χ2n) is 4.97. The van der Waals surface area contributed by atoms with E-state index < -0.39 is 5.82 Å². The fourth-order valence-electron chi connectivity index (χ4n) is 2.06. The molecule has 2 heterocycles. The van der Waals surface area contributed by atoms with Gasteiger partial charge in [-0.05, 0) is 36.3 Å². The lowest BCUT2D eigenvalue weighted by atomic mass is 10.2. The normalized spacial score (nSPS) is 12.2. The maximum Gasteiger partial charge on any atom is 0.243 e. The zero-order valence-electron chi connectivity index (χ0n) is 13.2. The van der Waals surface area contributed by atoms with Gasteiger partial charge in [0.15, 0.2) is 0 Å². The number of nitrogens with zero attached hydrogens (tertiary/aromatic N) is 7. The van der Waals surface area contributed by atoms with Gasteiger partial charge in [-0.15, -0.1) is 5.10 Å². The van der Waals surface area contributed by atoms with E-state index in [0.717, 1.165) is 0 Å². The van der Waals surface area contributed by atoms with Gasteiger partial charge in [-0.3, -0.25) is 0 Å². The molecule has 11 heteroatoms. The molecule has 3 rings (SSSR count). The summed E-state index contributed by atoms with van der Waals surface area (Å²) in [4.78, 5) is 0. The molecular weight excluding hydrogens is 351 g/mol. The number of aromatic nitrogens is 5. The molecule has 2 N–H and O–H groups in total. The van der Waals surface area contributed by atoms with Crippen molar-refractivity contribution in [2.24, 2.45) is 10.2 Å². The molecule has 1 aromatic carbocycles. The van der Waals surface area contributed by atoms with Crippen molar-refractivity contribution in [2.45, 2.75) is 13.8 Å². The van der Waals surface area contributed by atoms with Crippen molar-refractivity contribution in [3.63, 3.8) is 0 Å². The van der Waals surface area contributed by atoms with Crippen molar-refractivity contribution in [2.75, 3.05) is 5.73 Å². The smallest absolute Gasteiger partial charge is 0.243 e. The van der Waals surface area contributed by atoms with Gasteiger partial charge in [0, 0.05) is 5.56 Å². The van der Waals surface area contributed by atoms with Crippen LogP contribution in [0.5, 0.6) is 0 Å². The number of benzene rings is 1. The predicted molar refractivity (Wildman–Crippen MR) is 89.6 cm³/mol. The number of anilines is 1. The molecule has 0 saturated carbocycles. The van der Waals surface area contributed by atoms with Gasteiger partial charge < -0.3 is 5.73 Å². The first kappa shape index (κ1) is 16.7. The van der Waals surface area contributed by atoms with Crippen molar-refractivity contribution in [3.05, 3.63) is 46.0 Å². The molecule has 0 saturated heterocycles. The van der Waals surface area contributed by atoms with Crippen molar-refractivity contribution in [3.8, 4) is 5.82 Å². The van der Waals surface area contributed by atoms with Gasteiger partial charge in [-0.25, -0.2) is 9.02 Å². The highest BCUT2D eigenvalue weighted by Gasteiger charge is 2.17. The summed E-state index contributed by atoms with van der Waals surface area (Å²) >= 11 is 5.92.